The van der Waals surface area contributed by atoms with Crippen LogP contribution in [0.4, 0.5) is 0 Å². The predicted octanol–water partition coefficient (Wildman–Crippen LogP) is 2.96. The first kappa shape index (κ1) is 11.6. The van der Waals surface area contributed by atoms with Gasteiger partial charge in [-0.1, -0.05) is 22.8 Å². The van der Waals surface area contributed by atoms with E-state index in [9.17, 15) is 5.11 Å². The molecule has 0 saturated carbocycles. The fraction of sp³-hybridized carbons (Fsp3) is 0.455. The topological polar surface area (TPSA) is 69.0 Å². The van der Waals surface area contributed by atoms with Gasteiger partial charge in [-0.3, -0.25) is 0 Å². The zero-order valence-corrected chi connectivity index (χ0v) is 9.23. The van der Waals surface area contributed by atoms with Gasteiger partial charge in [0.15, 0.2) is 0 Å². The van der Waals surface area contributed by atoms with Gasteiger partial charge in [0.2, 0.25) is 0 Å². The molecule has 0 saturated heterocycles. The van der Waals surface area contributed by atoms with E-state index in [-0.39, 0.29) is 6.54 Å². The van der Waals surface area contributed by atoms with Crippen molar-refractivity contribution in [1.82, 2.24) is 0 Å². The van der Waals surface area contributed by atoms with Crippen molar-refractivity contribution in [2.75, 3.05) is 6.54 Å². The van der Waals surface area contributed by atoms with Crippen molar-refractivity contribution < 1.29 is 5.11 Å². The summed E-state index contributed by atoms with van der Waals surface area (Å²) in [6, 6.07) is 4.03. The Morgan fingerprint density at radius 3 is 2.33 bits per heavy atom. The van der Waals surface area contributed by atoms with Crippen LogP contribution >= 0.6 is 0 Å². The molecule has 0 bridgehead atoms. The second kappa shape index (κ2) is 4.82. The molecule has 0 fully saturated rings. The number of azide groups is 1. The highest BCUT2D eigenvalue weighted by atomic mass is 16.3. The molecule has 0 amide bonds. The minimum atomic E-state index is -0.707. The van der Waals surface area contributed by atoms with Gasteiger partial charge in [-0.15, -0.1) is 0 Å². The first-order valence-electron chi connectivity index (χ1n) is 4.83. The fourth-order valence-corrected chi connectivity index (χ4v) is 1.92. The first-order chi connectivity index (χ1) is 7.06. The molecule has 0 heterocycles. The number of rotatable bonds is 3. The molecular formula is C11H15N3O. The summed E-state index contributed by atoms with van der Waals surface area (Å²) in [5.74, 6) is 0. The van der Waals surface area contributed by atoms with Crippen LogP contribution in [0.1, 0.15) is 28.4 Å². The van der Waals surface area contributed by atoms with Crippen molar-refractivity contribution in [3.63, 3.8) is 0 Å². The summed E-state index contributed by atoms with van der Waals surface area (Å²) >= 11 is 0. The highest BCUT2D eigenvalue weighted by Crippen LogP contribution is 2.23. The maximum Gasteiger partial charge on any atom is 0.0851 e. The van der Waals surface area contributed by atoms with Crippen molar-refractivity contribution in [2.45, 2.75) is 26.9 Å². The van der Waals surface area contributed by atoms with Crippen molar-refractivity contribution in [3.8, 4) is 0 Å². The van der Waals surface area contributed by atoms with E-state index in [1.165, 1.54) is 5.56 Å². The van der Waals surface area contributed by atoms with Crippen molar-refractivity contribution >= 4 is 0 Å². The number of aryl methyl sites for hydroxylation is 3. The summed E-state index contributed by atoms with van der Waals surface area (Å²) in [5, 5.41) is 13.2. The third-order valence-electron chi connectivity index (χ3n) is 2.39. The summed E-state index contributed by atoms with van der Waals surface area (Å²) in [7, 11) is 0. The van der Waals surface area contributed by atoms with Gasteiger partial charge < -0.3 is 5.11 Å². The van der Waals surface area contributed by atoms with Crippen molar-refractivity contribution in [3.05, 3.63) is 44.8 Å². The summed E-state index contributed by atoms with van der Waals surface area (Å²) < 4.78 is 0. The molecule has 0 aliphatic rings. The highest BCUT2D eigenvalue weighted by molar-refractivity contribution is 5.39. The zero-order chi connectivity index (χ0) is 11.4. The lowest BCUT2D eigenvalue weighted by Crippen LogP contribution is -2.06. The maximum atomic E-state index is 9.84. The Balaban J connectivity index is 3.07. The standard InChI is InChI=1S/C11H15N3O/c1-7-4-8(2)11(9(3)5-7)10(15)6-13-14-12/h4-5,10,15H,6H2,1-3H3. The SMILES string of the molecule is Cc1cc(C)c(C(O)CN=[N+]=[N-])c(C)c1. The van der Waals surface area contributed by atoms with Gasteiger partial charge in [0.1, 0.15) is 0 Å². The zero-order valence-electron chi connectivity index (χ0n) is 9.23. The smallest absolute Gasteiger partial charge is 0.0851 e. The molecular weight excluding hydrogens is 190 g/mol. The molecule has 0 radical (unpaired) electrons. The van der Waals surface area contributed by atoms with Gasteiger partial charge >= 0.3 is 0 Å². The van der Waals surface area contributed by atoms with Crippen LogP contribution in [0.25, 0.3) is 10.4 Å². The third kappa shape index (κ3) is 2.72. The summed E-state index contributed by atoms with van der Waals surface area (Å²) in [4.78, 5) is 2.64. The van der Waals surface area contributed by atoms with Crippen LogP contribution in [0.3, 0.4) is 0 Å². The van der Waals surface area contributed by atoms with Crippen LogP contribution in [0.15, 0.2) is 17.2 Å². The molecule has 0 spiro atoms. The number of aliphatic hydroxyl groups excluding tert-OH is 1. The first-order valence-corrected chi connectivity index (χ1v) is 4.83. The van der Waals surface area contributed by atoms with Crippen molar-refractivity contribution in [2.24, 2.45) is 5.11 Å². The molecule has 1 aromatic carbocycles. The number of benzene rings is 1. The summed E-state index contributed by atoms with van der Waals surface area (Å²) in [6.07, 6.45) is -0.707. The Hall–Kier alpha value is -1.51. The number of hydrogen-bond donors (Lipinski definition) is 1. The molecule has 0 aliphatic carbocycles. The average Bonchev–Trinajstić information content (AvgIpc) is 2.12. The molecule has 15 heavy (non-hydrogen) atoms. The molecule has 4 heteroatoms. The summed E-state index contributed by atoms with van der Waals surface area (Å²) in [5.41, 5.74) is 12.3. The van der Waals surface area contributed by atoms with Crippen LogP contribution in [-0.4, -0.2) is 11.7 Å². The highest BCUT2D eigenvalue weighted by Gasteiger charge is 2.12. The molecule has 1 atom stereocenters. The van der Waals surface area contributed by atoms with E-state index in [2.05, 4.69) is 10.0 Å². The minimum absolute atomic E-state index is 0.0846. The second-order valence-electron chi connectivity index (χ2n) is 3.74. The van der Waals surface area contributed by atoms with Crippen LogP contribution in [0, 0.1) is 20.8 Å². The Kier molecular flexibility index (Phi) is 3.72. The Morgan fingerprint density at radius 1 is 1.33 bits per heavy atom. The molecule has 4 nitrogen and oxygen atoms in total. The lowest BCUT2D eigenvalue weighted by Gasteiger charge is -2.15. The second-order valence-corrected chi connectivity index (χ2v) is 3.74. The quantitative estimate of drug-likeness (QED) is 0.460. The van der Waals surface area contributed by atoms with Crippen LogP contribution < -0.4 is 0 Å². The van der Waals surface area contributed by atoms with E-state index >= 15 is 0 Å². The van der Waals surface area contributed by atoms with E-state index in [1.54, 1.807) is 0 Å². The molecule has 0 aromatic heterocycles. The Morgan fingerprint density at radius 2 is 1.87 bits per heavy atom. The van der Waals surface area contributed by atoms with E-state index in [0.29, 0.717) is 0 Å². The normalized spacial score (nSPS) is 12.0. The molecule has 1 unspecified atom stereocenters. The Bertz CT molecular complexity index is 385. The summed E-state index contributed by atoms with van der Waals surface area (Å²) in [6.45, 7) is 6.01. The fourth-order valence-electron chi connectivity index (χ4n) is 1.92. The van der Waals surface area contributed by atoms with Crippen LogP contribution in [-0.2, 0) is 0 Å². The van der Waals surface area contributed by atoms with E-state index in [4.69, 9.17) is 5.53 Å². The third-order valence-corrected chi connectivity index (χ3v) is 2.39. The average molecular weight is 205 g/mol. The number of nitrogens with zero attached hydrogens (tertiary/aromatic N) is 3. The monoisotopic (exact) mass is 205 g/mol. The van der Waals surface area contributed by atoms with Gasteiger partial charge in [0, 0.05) is 4.91 Å². The largest absolute Gasteiger partial charge is 0.388 e. The molecule has 1 aromatic rings. The molecule has 1 rings (SSSR count). The molecule has 80 valence electrons. The van der Waals surface area contributed by atoms with Gasteiger partial charge in [-0.05, 0) is 43.0 Å². The van der Waals surface area contributed by atoms with E-state index < -0.39 is 6.10 Å². The number of hydrogen-bond acceptors (Lipinski definition) is 2. The van der Waals surface area contributed by atoms with Crippen molar-refractivity contribution in [1.29, 1.82) is 0 Å². The predicted molar refractivity (Wildman–Crippen MR) is 59.6 cm³/mol. The lowest BCUT2D eigenvalue weighted by molar-refractivity contribution is 0.185. The lowest BCUT2D eigenvalue weighted by atomic mass is 9.96. The Labute approximate surface area is 89.2 Å². The van der Waals surface area contributed by atoms with E-state index in [0.717, 1.165) is 16.7 Å². The minimum Gasteiger partial charge on any atom is -0.388 e. The van der Waals surface area contributed by atoms with Gasteiger partial charge in [0.05, 0.1) is 12.6 Å². The van der Waals surface area contributed by atoms with Gasteiger partial charge in [0.25, 0.3) is 0 Å². The maximum absolute atomic E-state index is 9.84. The van der Waals surface area contributed by atoms with Crippen LogP contribution in [0.2, 0.25) is 0 Å². The van der Waals surface area contributed by atoms with Gasteiger partial charge in [-0.2, -0.15) is 0 Å². The number of aliphatic hydroxyl groups is 1. The van der Waals surface area contributed by atoms with Gasteiger partial charge in [-0.25, -0.2) is 0 Å². The molecule has 0 aliphatic heterocycles. The van der Waals surface area contributed by atoms with E-state index in [1.807, 2.05) is 32.9 Å². The van der Waals surface area contributed by atoms with Crippen LogP contribution in [0.5, 0.6) is 0 Å². The molecule has 1 N–H and O–H groups in total.